The van der Waals surface area contributed by atoms with Crippen LogP contribution in [-0.4, -0.2) is 21.7 Å². The van der Waals surface area contributed by atoms with Gasteiger partial charge in [0.2, 0.25) is 12.6 Å². The smallest absolute Gasteiger partial charge is 0.343 e. The van der Waals surface area contributed by atoms with Crippen molar-refractivity contribution in [3.8, 4) is 11.5 Å². The Morgan fingerprint density at radius 1 is 1.11 bits per heavy atom. The van der Waals surface area contributed by atoms with E-state index in [9.17, 15) is 10.1 Å². The maximum absolute atomic E-state index is 11.6. The Bertz CT molecular complexity index is 984. The zero-order valence-corrected chi connectivity index (χ0v) is 14.8. The summed E-state index contributed by atoms with van der Waals surface area (Å²) < 4.78 is 10.6. The lowest BCUT2D eigenvalue weighted by molar-refractivity contribution is -0.387. The van der Waals surface area contributed by atoms with Crippen LogP contribution in [-0.2, 0) is 6.54 Å². The van der Waals surface area contributed by atoms with Crippen molar-refractivity contribution in [2.24, 2.45) is 0 Å². The highest BCUT2D eigenvalue weighted by molar-refractivity contribution is 7.99. The molecule has 1 N–H and O–H groups in total. The molecule has 0 atom stereocenters. The van der Waals surface area contributed by atoms with Crippen molar-refractivity contribution in [3.05, 3.63) is 70.5 Å². The summed E-state index contributed by atoms with van der Waals surface area (Å²) in [5, 5.41) is 14.9. The van der Waals surface area contributed by atoms with E-state index in [1.165, 1.54) is 18.1 Å². The normalized spacial score (nSPS) is 12.0. The maximum atomic E-state index is 11.6. The summed E-state index contributed by atoms with van der Waals surface area (Å²) in [5.41, 5.74) is 0.747. The topological polar surface area (TPSA) is 99.4 Å². The zero-order chi connectivity index (χ0) is 18.6. The Labute approximate surface area is 158 Å². The Morgan fingerprint density at radius 2 is 1.93 bits per heavy atom. The van der Waals surface area contributed by atoms with Crippen LogP contribution in [0.15, 0.2) is 64.8 Å². The van der Waals surface area contributed by atoms with Crippen molar-refractivity contribution in [2.45, 2.75) is 16.5 Å². The molecule has 0 fully saturated rings. The van der Waals surface area contributed by atoms with Crippen LogP contribution < -0.4 is 14.8 Å². The molecule has 0 bridgehead atoms. The SMILES string of the molecule is O=[N+]([O-])c1c(NCc2ccc3c(c2)OCO3)ncnc1Sc1ccccc1. The Hall–Kier alpha value is -3.33. The number of anilines is 1. The van der Waals surface area contributed by atoms with Gasteiger partial charge in [-0.25, -0.2) is 9.97 Å². The van der Waals surface area contributed by atoms with Gasteiger partial charge in [0.25, 0.3) is 0 Å². The van der Waals surface area contributed by atoms with Gasteiger partial charge in [0.15, 0.2) is 16.5 Å². The van der Waals surface area contributed by atoms with Gasteiger partial charge in [-0.1, -0.05) is 36.0 Å². The average Bonchev–Trinajstić information content (AvgIpc) is 3.15. The number of benzene rings is 2. The number of nitrogens with one attached hydrogen (secondary N) is 1. The highest BCUT2D eigenvalue weighted by atomic mass is 32.2. The van der Waals surface area contributed by atoms with E-state index >= 15 is 0 Å². The highest BCUT2D eigenvalue weighted by Crippen LogP contribution is 2.37. The van der Waals surface area contributed by atoms with E-state index in [-0.39, 0.29) is 23.3 Å². The summed E-state index contributed by atoms with van der Waals surface area (Å²) in [4.78, 5) is 20.2. The van der Waals surface area contributed by atoms with Crippen LogP contribution >= 0.6 is 11.8 Å². The van der Waals surface area contributed by atoms with E-state index in [0.29, 0.717) is 18.0 Å². The second-order valence-corrected chi connectivity index (χ2v) is 6.65. The van der Waals surface area contributed by atoms with Gasteiger partial charge < -0.3 is 14.8 Å². The standard InChI is InChI=1S/C18H14N4O4S/c23-22(24)16-17(19-9-12-6-7-14-15(8-12)26-11-25-14)20-10-21-18(16)27-13-4-2-1-3-5-13/h1-8,10H,9,11H2,(H,19,20,21). The molecule has 9 heteroatoms. The van der Waals surface area contributed by atoms with Gasteiger partial charge in [-0.15, -0.1) is 0 Å². The number of nitro groups is 1. The molecule has 136 valence electrons. The fourth-order valence-corrected chi connectivity index (χ4v) is 3.45. The molecular formula is C18H14N4O4S. The number of rotatable bonds is 6. The van der Waals surface area contributed by atoms with Gasteiger partial charge in [-0.3, -0.25) is 10.1 Å². The molecule has 4 rings (SSSR count). The lowest BCUT2D eigenvalue weighted by Crippen LogP contribution is -2.06. The minimum absolute atomic E-state index is 0.146. The van der Waals surface area contributed by atoms with Crippen LogP contribution in [0.25, 0.3) is 0 Å². The van der Waals surface area contributed by atoms with E-state index in [1.54, 1.807) is 0 Å². The summed E-state index contributed by atoms with van der Waals surface area (Å²) >= 11 is 1.23. The molecule has 2 aromatic carbocycles. The number of hydrogen-bond acceptors (Lipinski definition) is 8. The third-order valence-electron chi connectivity index (χ3n) is 3.83. The lowest BCUT2D eigenvalue weighted by Gasteiger charge is -2.09. The number of fused-ring (bicyclic) bond motifs is 1. The fraction of sp³-hybridized carbons (Fsp3) is 0.111. The maximum Gasteiger partial charge on any atom is 0.343 e. The minimum Gasteiger partial charge on any atom is -0.454 e. The lowest BCUT2D eigenvalue weighted by atomic mass is 10.2. The zero-order valence-electron chi connectivity index (χ0n) is 14.0. The van der Waals surface area contributed by atoms with Crippen LogP contribution in [0, 0.1) is 10.1 Å². The van der Waals surface area contributed by atoms with Crippen molar-refractivity contribution in [2.75, 3.05) is 12.1 Å². The largest absolute Gasteiger partial charge is 0.454 e. The first-order chi connectivity index (χ1) is 13.2. The van der Waals surface area contributed by atoms with Crippen molar-refractivity contribution >= 4 is 23.3 Å². The van der Waals surface area contributed by atoms with Crippen LogP contribution in [0.2, 0.25) is 0 Å². The summed E-state index contributed by atoms with van der Waals surface area (Å²) in [6.45, 7) is 0.549. The van der Waals surface area contributed by atoms with E-state index in [0.717, 1.165) is 10.5 Å². The van der Waals surface area contributed by atoms with Crippen molar-refractivity contribution < 1.29 is 14.4 Å². The van der Waals surface area contributed by atoms with Crippen molar-refractivity contribution in [3.63, 3.8) is 0 Å². The summed E-state index contributed by atoms with van der Waals surface area (Å²) in [6, 6.07) is 14.9. The van der Waals surface area contributed by atoms with Crippen LogP contribution in [0.3, 0.4) is 0 Å². The van der Waals surface area contributed by atoms with E-state index in [2.05, 4.69) is 15.3 Å². The molecule has 0 saturated carbocycles. The first-order valence-electron chi connectivity index (χ1n) is 8.05. The fourth-order valence-electron chi connectivity index (χ4n) is 2.57. The molecule has 27 heavy (non-hydrogen) atoms. The average molecular weight is 382 g/mol. The van der Waals surface area contributed by atoms with E-state index < -0.39 is 4.92 Å². The number of nitrogens with zero attached hydrogens (tertiary/aromatic N) is 3. The molecule has 8 nitrogen and oxygen atoms in total. The van der Waals surface area contributed by atoms with E-state index in [4.69, 9.17) is 9.47 Å². The molecule has 2 heterocycles. The number of hydrogen-bond donors (Lipinski definition) is 1. The van der Waals surface area contributed by atoms with E-state index in [1.807, 2.05) is 48.5 Å². The molecule has 0 unspecified atom stereocenters. The third kappa shape index (κ3) is 3.77. The molecule has 1 aliphatic heterocycles. The van der Waals surface area contributed by atoms with Gasteiger partial charge in [-0.2, -0.15) is 0 Å². The van der Waals surface area contributed by atoms with Crippen LogP contribution in [0.5, 0.6) is 11.5 Å². The molecule has 3 aromatic rings. The second kappa shape index (κ2) is 7.50. The second-order valence-electron chi connectivity index (χ2n) is 5.59. The van der Waals surface area contributed by atoms with Crippen LogP contribution in [0.4, 0.5) is 11.5 Å². The summed E-state index contributed by atoms with van der Waals surface area (Å²) in [7, 11) is 0. The Morgan fingerprint density at radius 3 is 2.74 bits per heavy atom. The molecule has 0 spiro atoms. The molecule has 1 aliphatic rings. The Balaban J connectivity index is 1.57. The molecule has 0 aliphatic carbocycles. The molecule has 0 saturated heterocycles. The third-order valence-corrected chi connectivity index (χ3v) is 4.83. The van der Waals surface area contributed by atoms with Gasteiger partial charge >= 0.3 is 5.69 Å². The van der Waals surface area contributed by atoms with Crippen LogP contribution in [0.1, 0.15) is 5.56 Å². The van der Waals surface area contributed by atoms with Gasteiger partial charge in [0, 0.05) is 11.4 Å². The first kappa shape index (κ1) is 17.1. The molecule has 0 amide bonds. The predicted octanol–water partition coefficient (Wildman–Crippen LogP) is 3.88. The number of aromatic nitrogens is 2. The molecule has 1 aromatic heterocycles. The quantitative estimate of drug-likeness (QED) is 0.390. The summed E-state index contributed by atoms with van der Waals surface area (Å²) in [6.07, 6.45) is 1.32. The van der Waals surface area contributed by atoms with Gasteiger partial charge in [-0.05, 0) is 29.8 Å². The van der Waals surface area contributed by atoms with Crippen molar-refractivity contribution in [1.82, 2.24) is 9.97 Å². The molecule has 0 radical (unpaired) electrons. The monoisotopic (exact) mass is 382 g/mol. The van der Waals surface area contributed by atoms with Gasteiger partial charge in [0.1, 0.15) is 6.33 Å². The number of ether oxygens (including phenoxy) is 2. The first-order valence-corrected chi connectivity index (χ1v) is 8.87. The van der Waals surface area contributed by atoms with Gasteiger partial charge in [0.05, 0.1) is 4.92 Å². The summed E-state index contributed by atoms with van der Waals surface area (Å²) in [5.74, 6) is 1.52. The highest BCUT2D eigenvalue weighted by Gasteiger charge is 2.24. The predicted molar refractivity (Wildman–Crippen MR) is 99.1 cm³/mol. The van der Waals surface area contributed by atoms with Crippen molar-refractivity contribution in [1.29, 1.82) is 0 Å². The Kier molecular flexibility index (Phi) is 4.75. The molecular weight excluding hydrogens is 368 g/mol. The minimum atomic E-state index is -0.465.